The molecule has 0 fully saturated rings. The van der Waals surface area contributed by atoms with Crippen molar-refractivity contribution in [3.63, 3.8) is 0 Å². The third kappa shape index (κ3) is 4.90. The van der Waals surface area contributed by atoms with Gasteiger partial charge in [-0.05, 0) is 42.5 Å². The van der Waals surface area contributed by atoms with Crippen LogP contribution < -0.4 is 16.3 Å². The Morgan fingerprint density at radius 1 is 1.09 bits per heavy atom. The molecule has 6 nitrogen and oxygen atoms in total. The molecule has 2 N–H and O–H groups in total. The van der Waals surface area contributed by atoms with Crippen molar-refractivity contribution in [2.75, 3.05) is 5.43 Å². The van der Waals surface area contributed by atoms with Gasteiger partial charge in [0.15, 0.2) is 5.82 Å². The van der Waals surface area contributed by atoms with Crippen LogP contribution in [0.4, 0.5) is 14.5 Å². The number of carbonyl (C=O) groups is 1. The summed E-state index contributed by atoms with van der Waals surface area (Å²) < 4.78 is 28.5. The summed E-state index contributed by atoms with van der Waals surface area (Å²) in [4.78, 5) is 30.7. The van der Waals surface area contributed by atoms with Gasteiger partial charge < -0.3 is 5.32 Å². The van der Waals surface area contributed by atoms with E-state index in [2.05, 4.69) is 21.6 Å². The molecule has 170 valence electrons. The van der Waals surface area contributed by atoms with Crippen molar-refractivity contribution in [2.24, 2.45) is 0 Å². The fourth-order valence-electron chi connectivity index (χ4n) is 3.41. The van der Waals surface area contributed by atoms with Crippen LogP contribution in [-0.4, -0.2) is 15.6 Å². The Bertz CT molecular complexity index is 1460. The second-order valence-corrected chi connectivity index (χ2v) is 7.78. The topological polar surface area (TPSA) is 76.0 Å². The molecule has 0 bridgehead atoms. The molecule has 9 heteroatoms. The van der Waals surface area contributed by atoms with Crippen LogP contribution in [0, 0.1) is 24.0 Å². The van der Waals surface area contributed by atoms with Gasteiger partial charge in [0.05, 0.1) is 16.6 Å². The third-order valence-electron chi connectivity index (χ3n) is 4.94. The molecule has 1 aromatic heterocycles. The maximum atomic E-state index is 13.6. The molecule has 34 heavy (non-hydrogen) atoms. The minimum absolute atomic E-state index is 0.0570. The predicted octanol–water partition coefficient (Wildman–Crippen LogP) is 4.70. The zero-order valence-electron chi connectivity index (χ0n) is 17.6. The number of nitrogens with one attached hydrogen (secondary N) is 2. The monoisotopic (exact) mass is 478 g/mol. The lowest BCUT2D eigenvalue weighted by atomic mass is 10.1. The number of aromatic nitrogens is 2. The number of nitrogens with zero attached hydrogens (tertiary/aromatic N) is 2. The molecule has 0 saturated heterocycles. The van der Waals surface area contributed by atoms with E-state index in [0.717, 1.165) is 12.1 Å². The van der Waals surface area contributed by atoms with Gasteiger partial charge in [0.2, 0.25) is 0 Å². The van der Waals surface area contributed by atoms with Crippen molar-refractivity contribution in [1.29, 1.82) is 0 Å². The predicted molar refractivity (Wildman–Crippen MR) is 126 cm³/mol. The average molecular weight is 479 g/mol. The molecule has 0 aliphatic carbocycles. The second-order valence-electron chi connectivity index (χ2n) is 7.34. The van der Waals surface area contributed by atoms with Gasteiger partial charge in [-0.1, -0.05) is 29.8 Å². The Morgan fingerprint density at radius 3 is 2.47 bits per heavy atom. The van der Waals surface area contributed by atoms with E-state index < -0.39 is 29.1 Å². The summed E-state index contributed by atoms with van der Waals surface area (Å²) in [6.45, 7) is 0. The Morgan fingerprint density at radius 2 is 1.79 bits per heavy atom. The Labute approximate surface area is 198 Å². The molecular formula is C25H17ClF2N4O2. The number of hydrogen-bond acceptors (Lipinski definition) is 4. The van der Waals surface area contributed by atoms with Crippen LogP contribution in [-0.2, 0) is 0 Å². The molecule has 0 radical (unpaired) electrons. The van der Waals surface area contributed by atoms with E-state index in [1.807, 2.05) is 6.07 Å². The molecule has 3 aromatic carbocycles. The van der Waals surface area contributed by atoms with E-state index >= 15 is 0 Å². The number of carbonyl (C=O) groups excluding carboxylic acids is 1. The number of terminal acetylenes is 1. The van der Waals surface area contributed by atoms with E-state index in [0.29, 0.717) is 22.3 Å². The highest BCUT2D eigenvalue weighted by Gasteiger charge is 2.23. The lowest BCUT2D eigenvalue weighted by Crippen LogP contribution is -2.37. The second kappa shape index (κ2) is 9.73. The lowest BCUT2D eigenvalue weighted by Gasteiger charge is -2.22. The zero-order valence-corrected chi connectivity index (χ0v) is 18.3. The fraction of sp³-hybridized carbons (Fsp3) is 0.0800. The Hall–Kier alpha value is -4.22. The van der Waals surface area contributed by atoms with E-state index in [4.69, 9.17) is 18.0 Å². The summed E-state index contributed by atoms with van der Waals surface area (Å²) in [7, 11) is 0. The maximum Gasteiger partial charge on any atom is 0.280 e. The number of benzene rings is 3. The number of para-hydroxylation sites is 1. The van der Waals surface area contributed by atoms with Gasteiger partial charge in [0.25, 0.3) is 11.5 Å². The first-order valence-corrected chi connectivity index (χ1v) is 10.5. The smallest absolute Gasteiger partial charge is 0.280 e. The van der Waals surface area contributed by atoms with Gasteiger partial charge >= 0.3 is 0 Å². The molecule has 0 aliphatic rings. The fourth-order valence-corrected chi connectivity index (χ4v) is 3.58. The van der Waals surface area contributed by atoms with Gasteiger partial charge in [-0.25, -0.2) is 18.4 Å². The highest BCUT2D eigenvalue weighted by Crippen LogP contribution is 2.21. The van der Waals surface area contributed by atoms with Gasteiger partial charge in [0.1, 0.15) is 17.7 Å². The number of amides is 1. The molecule has 0 aliphatic heterocycles. The van der Waals surface area contributed by atoms with Crippen molar-refractivity contribution in [3.8, 4) is 12.3 Å². The van der Waals surface area contributed by atoms with Crippen molar-refractivity contribution in [2.45, 2.75) is 12.5 Å². The third-order valence-corrected chi connectivity index (χ3v) is 5.17. The summed E-state index contributed by atoms with van der Waals surface area (Å²) in [6.07, 6.45) is 5.47. The summed E-state index contributed by atoms with van der Waals surface area (Å²) in [6, 6.07) is 15.0. The first-order valence-electron chi connectivity index (χ1n) is 10.1. The van der Waals surface area contributed by atoms with Crippen LogP contribution in [0.25, 0.3) is 10.9 Å². The van der Waals surface area contributed by atoms with Crippen molar-refractivity contribution < 1.29 is 13.6 Å². The summed E-state index contributed by atoms with van der Waals surface area (Å²) in [5.41, 5.74) is 3.17. The van der Waals surface area contributed by atoms with Gasteiger partial charge in [-0.2, -0.15) is 0 Å². The molecule has 0 saturated carbocycles. The van der Waals surface area contributed by atoms with Crippen LogP contribution >= 0.6 is 11.6 Å². The quantitative estimate of drug-likeness (QED) is 0.394. The van der Waals surface area contributed by atoms with Crippen molar-refractivity contribution in [3.05, 3.63) is 105 Å². The van der Waals surface area contributed by atoms with E-state index in [1.165, 1.54) is 10.7 Å². The molecule has 1 unspecified atom stereocenters. The largest absolute Gasteiger partial charge is 0.341 e. The highest BCUT2D eigenvalue weighted by molar-refractivity contribution is 6.31. The molecule has 1 atom stereocenters. The minimum Gasteiger partial charge on any atom is -0.341 e. The molecule has 0 spiro atoms. The van der Waals surface area contributed by atoms with Crippen LogP contribution in [0.5, 0.6) is 0 Å². The first-order chi connectivity index (χ1) is 16.4. The Balaban J connectivity index is 1.84. The van der Waals surface area contributed by atoms with Crippen LogP contribution in [0.15, 0.2) is 71.5 Å². The molecular weight excluding hydrogens is 462 g/mol. The van der Waals surface area contributed by atoms with Crippen LogP contribution in [0.1, 0.15) is 28.6 Å². The Kier molecular flexibility index (Phi) is 6.57. The minimum atomic E-state index is -0.976. The number of rotatable bonds is 6. The van der Waals surface area contributed by atoms with Crippen LogP contribution in [0.2, 0.25) is 5.02 Å². The standard InChI is InChI=1S/C25H17ClF2N4O2/c1-2-6-21(30-24(33)15-11-17(27)14-18(28)12-15)23-29-22-13-16(26)9-10-20(22)25(34)32(23)31-19-7-4-3-5-8-19/h1,3-5,7-14,21,31H,6H2,(H,30,33). The highest BCUT2D eigenvalue weighted by atomic mass is 35.5. The molecule has 1 heterocycles. The van der Waals surface area contributed by atoms with Gasteiger partial charge in [-0.3, -0.25) is 15.0 Å². The average Bonchev–Trinajstić information content (AvgIpc) is 2.80. The maximum absolute atomic E-state index is 13.6. The normalized spacial score (nSPS) is 11.6. The summed E-state index contributed by atoms with van der Waals surface area (Å²) in [5.74, 6) is -0.0593. The van der Waals surface area contributed by atoms with Gasteiger partial charge in [0, 0.05) is 23.1 Å². The van der Waals surface area contributed by atoms with Crippen LogP contribution in [0.3, 0.4) is 0 Å². The molecule has 4 rings (SSSR count). The van der Waals surface area contributed by atoms with Crippen molar-refractivity contribution in [1.82, 2.24) is 15.0 Å². The van der Waals surface area contributed by atoms with E-state index in [9.17, 15) is 18.4 Å². The summed E-state index contributed by atoms with van der Waals surface area (Å²) >= 11 is 6.09. The number of hydrogen-bond donors (Lipinski definition) is 2. The zero-order chi connectivity index (χ0) is 24.2. The van der Waals surface area contributed by atoms with Crippen molar-refractivity contribution >= 4 is 34.1 Å². The molecule has 1 amide bonds. The number of halogens is 3. The number of anilines is 1. The number of fused-ring (bicyclic) bond motifs is 1. The van der Waals surface area contributed by atoms with E-state index in [-0.39, 0.29) is 23.2 Å². The van der Waals surface area contributed by atoms with E-state index in [1.54, 1.807) is 36.4 Å². The summed E-state index contributed by atoms with van der Waals surface area (Å²) in [5, 5.41) is 3.28. The van der Waals surface area contributed by atoms with Gasteiger partial charge in [-0.15, -0.1) is 12.3 Å². The lowest BCUT2D eigenvalue weighted by molar-refractivity contribution is 0.0934. The first kappa shape index (κ1) is 23.0. The molecule has 4 aromatic rings. The SMILES string of the molecule is C#CCC(NC(=O)c1cc(F)cc(F)c1)c1nc2cc(Cl)ccc2c(=O)n1Nc1ccccc1.